The molecule has 0 bridgehead atoms. The minimum atomic E-state index is 0.329. The van der Waals surface area contributed by atoms with E-state index in [1.165, 1.54) is 22.1 Å². The Bertz CT molecular complexity index is 431. The molecule has 1 nitrogen and oxygen atoms in total. The van der Waals surface area contributed by atoms with Crippen molar-refractivity contribution in [1.29, 1.82) is 0 Å². The van der Waals surface area contributed by atoms with Crippen LogP contribution in [0.1, 0.15) is 25.3 Å². The van der Waals surface area contributed by atoms with Gasteiger partial charge in [0.15, 0.2) is 0 Å². The molecule has 1 unspecified atom stereocenters. The van der Waals surface area contributed by atoms with E-state index >= 15 is 0 Å². The van der Waals surface area contributed by atoms with Gasteiger partial charge in [-0.1, -0.05) is 18.2 Å². The number of thiophene rings is 1. The summed E-state index contributed by atoms with van der Waals surface area (Å²) < 4.78 is 1.40. The number of hydrogen-bond acceptors (Lipinski definition) is 2. The molecule has 0 aliphatic carbocycles. The Kier molecular flexibility index (Phi) is 3.39. The minimum Gasteiger partial charge on any atom is -0.328 e. The van der Waals surface area contributed by atoms with Gasteiger partial charge in [-0.05, 0) is 48.6 Å². The molecular weight excluding hydrogens is 202 g/mol. The standard InChI is InChI=1S/C13H17NS/c1-10(14)5-4-6-11-9-15-13-8-3-2-7-12(11)13/h2-3,7-10H,4-6,14H2,1H3. The summed E-state index contributed by atoms with van der Waals surface area (Å²) in [5.74, 6) is 0. The van der Waals surface area contributed by atoms with Crippen LogP contribution >= 0.6 is 11.3 Å². The molecular formula is C13H17NS. The smallest absolute Gasteiger partial charge is 0.0345 e. The second kappa shape index (κ2) is 4.77. The molecule has 1 aromatic carbocycles. The molecule has 2 rings (SSSR count). The summed E-state index contributed by atoms with van der Waals surface area (Å²) in [5, 5.41) is 3.71. The van der Waals surface area contributed by atoms with Gasteiger partial charge in [0.1, 0.15) is 0 Å². The van der Waals surface area contributed by atoms with Gasteiger partial charge in [-0.3, -0.25) is 0 Å². The molecule has 1 aromatic heterocycles. The molecule has 2 N–H and O–H groups in total. The Balaban J connectivity index is 2.08. The molecule has 0 saturated heterocycles. The van der Waals surface area contributed by atoms with Crippen molar-refractivity contribution in [3.63, 3.8) is 0 Å². The predicted octanol–water partition coefficient (Wildman–Crippen LogP) is 3.57. The van der Waals surface area contributed by atoms with Crippen molar-refractivity contribution in [3.8, 4) is 0 Å². The van der Waals surface area contributed by atoms with Crippen LogP contribution in [0.25, 0.3) is 10.1 Å². The molecule has 0 aliphatic rings. The van der Waals surface area contributed by atoms with Crippen LogP contribution in [0.4, 0.5) is 0 Å². The average Bonchev–Trinajstić information content (AvgIpc) is 2.62. The zero-order valence-corrected chi connectivity index (χ0v) is 9.89. The lowest BCUT2D eigenvalue weighted by Crippen LogP contribution is -2.14. The highest BCUT2D eigenvalue weighted by Gasteiger charge is 2.03. The highest BCUT2D eigenvalue weighted by Crippen LogP contribution is 2.26. The third-order valence-electron chi connectivity index (χ3n) is 2.67. The van der Waals surface area contributed by atoms with Gasteiger partial charge in [-0.25, -0.2) is 0 Å². The van der Waals surface area contributed by atoms with Crippen molar-refractivity contribution in [2.45, 2.75) is 32.2 Å². The van der Waals surface area contributed by atoms with Gasteiger partial charge in [0.05, 0.1) is 0 Å². The first-order chi connectivity index (χ1) is 7.27. The Morgan fingerprint density at radius 1 is 1.33 bits per heavy atom. The lowest BCUT2D eigenvalue weighted by molar-refractivity contribution is 0.626. The first-order valence-corrected chi connectivity index (χ1v) is 6.36. The second-order valence-corrected chi connectivity index (χ2v) is 5.04. The van der Waals surface area contributed by atoms with Gasteiger partial charge in [0.2, 0.25) is 0 Å². The summed E-state index contributed by atoms with van der Waals surface area (Å²) in [6, 6.07) is 8.95. The van der Waals surface area contributed by atoms with E-state index in [2.05, 4.69) is 36.6 Å². The summed E-state index contributed by atoms with van der Waals surface area (Å²) in [4.78, 5) is 0. The van der Waals surface area contributed by atoms with E-state index in [4.69, 9.17) is 5.73 Å². The van der Waals surface area contributed by atoms with Crippen molar-refractivity contribution in [2.75, 3.05) is 0 Å². The third kappa shape index (κ3) is 2.58. The number of rotatable bonds is 4. The van der Waals surface area contributed by atoms with Crippen molar-refractivity contribution < 1.29 is 0 Å². The Labute approximate surface area is 94.9 Å². The van der Waals surface area contributed by atoms with E-state index in [1.807, 2.05) is 11.3 Å². The molecule has 1 heterocycles. The molecule has 0 aliphatic heterocycles. The van der Waals surface area contributed by atoms with Crippen LogP contribution in [-0.4, -0.2) is 6.04 Å². The first-order valence-electron chi connectivity index (χ1n) is 5.48. The van der Waals surface area contributed by atoms with E-state index in [0.717, 1.165) is 12.8 Å². The normalized spacial score (nSPS) is 13.2. The lowest BCUT2D eigenvalue weighted by Gasteiger charge is -2.03. The van der Waals surface area contributed by atoms with Gasteiger partial charge in [-0.15, -0.1) is 11.3 Å². The number of nitrogens with two attached hydrogens (primary N) is 1. The molecule has 80 valence electrons. The third-order valence-corrected chi connectivity index (χ3v) is 3.68. The van der Waals surface area contributed by atoms with E-state index in [0.29, 0.717) is 6.04 Å². The van der Waals surface area contributed by atoms with E-state index in [9.17, 15) is 0 Å². The fraction of sp³-hybridized carbons (Fsp3) is 0.385. The molecule has 2 aromatic rings. The monoisotopic (exact) mass is 219 g/mol. The summed E-state index contributed by atoms with van der Waals surface area (Å²) >= 11 is 1.84. The maximum atomic E-state index is 5.75. The predicted molar refractivity (Wildman–Crippen MR) is 68.4 cm³/mol. The fourth-order valence-electron chi connectivity index (χ4n) is 1.84. The second-order valence-electron chi connectivity index (χ2n) is 4.13. The number of fused-ring (bicyclic) bond motifs is 1. The van der Waals surface area contributed by atoms with E-state index in [-0.39, 0.29) is 0 Å². The molecule has 0 radical (unpaired) electrons. The average molecular weight is 219 g/mol. The molecule has 1 atom stereocenters. The summed E-state index contributed by atoms with van der Waals surface area (Å²) in [6.07, 6.45) is 3.47. The minimum absolute atomic E-state index is 0.329. The number of benzene rings is 1. The molecule has 15 heavy (non-hydrogen) atoms. The van der Waals surface area contributed by atoms with Gasteiger partial charge < -0.3 is 5.73 Å². The van der Waals surface area contributed by atoms with Crippen LogP contribution in [0.3, 0.4) is 0 Å². The Hall–Kier alpha value is -0.860. The van der Waals surface area contributed by atoms with Gasteiger partial charge in [-0.2, -0.15) is 0 Å². The van der Waals surface area contributed by atoms with Crippen molar-refractivity contribution >= 4 is 21.4 Å². The lowest BCUT2D eigenvalue weighted by atomic mass is 10.1. The van der Waals surface area contributed by atoms with Gasteiger partial charge in [0, 0.05) is 10.7 Å². The van der Waals surface area contributed by atoms with Crippen LogP contribution in [0, 0.1) is 0 Å². The maximum Gasteiger partial charge on any atom is 0.0345 e. The van der Waals surface area contributed by atoms with Crippen LogP contribution in [0.5, 0.6) is 0 Å². The zero-order valence-electron chi connectivity index (χ0n) is 9.07. The van der Waals surface area contributed by atoms with Crippen molar-refractivity contribution in [3.05, 3.63) is 35.2 Å². The van der Waals surface area contributed by atoms with Crippen molar-refractivity contribution in [2.24, 2.45) is 5.73 Å². The molecule has 0 spiro atoms. The van der Waals surface area contributed by atoms with Crippen LogP contribution in [0.15, 0.2) is 29.6 Å². The van der Waals surface area contributed by atoms with Crippen LogP contribution in [0.2, 0.25) is 0 Å². The highest BCUT2D eigenvalue weighted by atomic mass is 32.1. The Morgan fingerprint density at radius 3 is 2.93 bits per heavy atom. The molecule has 0 saturated carbocycles. The zero-order chi connectivity index (χ0) is 10.7. The van der Waals surface area contributed by atoms with Crippen LogP contribution in [-0.2, 0) is 6.42 Å². The quantitative estimate of drug-likeness (QED) is 0.836. The largest absolute Gasteiger partial charge is 0.328 e. The summed E-state index contributed by atoms with van der Waals surface area (Å²) in [5.41, 5.74) is 7.23. The molecule has 0 amide bonds. The highest BCUT2D eigenvalue weighted by molar-refractivity contribution is 7.17. The fourth-order valence-corrected chi connectivity index (χ4v) is 2.84. The number of hydrogen-bond donors (Lipinski definition) is 1. The van der Waals surface area contributed by atoms with Gasteiger partial charge >= 0.3 is 0 Å². The van der Waals surface area contributed by atoms with Crippen molar-refractivity contribution in [1.82, 2.24) is 0 Å². The topological polar surface area (TPSA) is 26.0 Å². The molecule has 2 heteroatoms. The number of aryl methyl sites for hydroxylation is 1. The summed E-state index contributed by atoms with van der Waals surface area (Å²) in [6.45, 7) is 2.08. The Morgan fingerprint density at radius 2 is 2.13 bits per heavy atom. The van der Waals surface area contributed by atoms with E-state index in [1.54, 1.807) is 0 Å². The van der Waals surface area contributed by atoms with E-state index < -0.39 is 0 Å². The van der Waals surface area contributed by atoms with Gasteiger partial charge in [0.25, 0.3) is 0 Å². The summed E-state index contributed by atoms with van der Waals surface area (Å²) in [7, 11) is 0. The SMILES string of the molecule is CC(N)CCCc1csc2ccccc12. The first kappa shape index (κ1) is 10.7. The maximum absolute atomic E-state index is 5.75. The van der Waals surface area contributed by atoms with Crippen LogP contribution < -0.4 is 5.73 Å². The molecule has 0 fully saturated rings.